The fourth-order valence-electron chi connectivity index (χ4n) is 3.65. The number of methoxy groups -OCH3 is 1. The van der Waals surface area contributed by atoms with Crippen molar-refractivity contribution in [1.29, 1.82) is 0 Å². The van der Waals surface area contributed by atoms with Crippen molar-refractivity contribution >= 4 is 11.6 Å². The number of nitrogens with two attached hydrogens (primary N) is 1. The van der Waals surface area contributed by atoms with E-state index in [2.05, 4.69) is 33.0 Å². The molecule has 1 aromatic heterocycles. The molecule has 8 heteroatoms. The number of amides is 1. The number of fused-ring (bicyclic) bond motifs is 2. The lowest BCUT2D eigenvalue weighted by Gasteiger charge is -2.24. The summed E-state index contributed by atoms with van der Waals surface area (Å²) >= 11 is 0. The highest BCUT2D eigenvalue weighted by molar-refractivity contribution is 5.95. The van der Waals surface area contributed by atoms with Crippen LogP contribution in [0.1, 0.15) is 6.42 Å². The molecule has 4 rings (SSSR count). The molecule has 2 aliphatic carbocycles. The van der Waals surface area contributed by atoms with Crippen LogP contribution in [0.2, 0.25) is 0 Å². The minimum Gasteiger partial charge on any atom is -0.494 e. The number of carbonyl (C=O) groups excluding carboxylic acids is 1. The molecule has 1 saturated carbocycles. The lowest BCUT2D eigenvalue weighted by molar-refractivity contribution is -0.120. The summed E-state index contributed by atoms with van der Waals surface area (Å²) in [5.41, 5.74) is 7.56. The predicted octanol–water partition coefficient (Wildman–Crippen LogP) is 0.759. The molecule has 1 amide bonds. The SMILES string of the molecule is COc1cc(-n2cnnn2)ccc1NC(=O)[C@H]1[C@@H](N)[C@H]2C=C[C@@H]1C2. The summed E-state index contributed by atoms with van der Waals surface area (Å²) < 4.78 is 6.91. The molecule has 2 aliphatic rings. The number of carbonyl (C=O) groups is 1. The Morgan fingerprint density at radius 1 is 1.38 bits per heavy atom. The zero-order valence-corrected chi connectivity index (χ0v) is 13.2. The van der Waals surface area contributed by atoms with E-state index in [1.54, 1.807) is 19.2 Å². The molecule has 1 heterocycles. The number of tetrazole rings is 1. The Bertz CT molecular complexity index is 788. The molecule has 0 saturated heterocycles. The van der Waals surface area contributed by atoms with E-state index in [0.29, 0.717) is 17.4 Å². The number of nitrogens with one attached hydrogen (secondary N) is 1. The highest BCUT2D eigenvalue weighted by atomic mass is 16.5. The van der Waals surface area contributed by atoms with Gasteiger partial charge in [-0.2, -0.15) is 0 Å². The van der Waals surface area contributed by atoms with Gasteiger partial charge in [-0.15, -0.1) is 5.10 Å². The van der Waals surface area contributed by atoms with E-state index in [1.165, 1.54) is 11.0 Å². The van der Waals surface area contributed by atoms with Crippen molar-refractivity contribution in [2.24, 2.45) is 23.5 Å². The smallest absolute Gasteiger partial charge is 0.229 e. The number of hydrogen-bond acceptors (Lipinski definition) is 6. The van der Waals surface area contributed by atoms with Crippen molar-refractivity contribution in [3.05, 3.63) is 36.7 Å². The summed E-state index contributed by atoms with van der Waals surface area (Å²) in [6.07, 6.45) is 6.69. The summed E-state index contributed by atoms with van der Waals surface area (Å²) in [5, 5.41) is 14.0. The maximum atomic E-state index is 12.7. The van der Waals surface area contributed by atoms with E-state index in [-0.39, 0.29) is 23.8 Å². The number of rotatable bonds is 4. The summed E-state index contributed by atoms with van der Waals surface area (Å²) in [6, 6.07) is 5.25. The number of aromatic nitrogens is 4. The summed E-state index contributed by atoms with van der Waals surface area (Å²) in [7, 11) is 1.56. The van der Waals surface area contributed by atoms with Gasteiger partial charge in [-0.25, -0.2) is 4.68 Å². The topological polar surface area (TPSA) is 108 Å². The number of nitrogens with zero attached hydrogens (tertiary/aromatic N) is 4. The maximum Gasteiger partial charge on any atom is 0.229 e. The van der Waals surface area contributed by atoms with Crippen LogP contribution in [0.5, 0.6) is 5.75 Å². The first kappa shape index (κ1) is 14.8. The summed E-state index contributed by atoms with van der Waals surface area (Å²) in [5.74, 6) is 0.840. The van der Waals surface area contributed by atoms with Crippen LogP contribution in [0.3, 0.4) is 0 Å². The normalized spacial score (nSPS) is 27.4. The van der Waals surface area contributed by atoms with Crippen LogP contribution in [0.15, 0.2) is 36.7 Å². The van der Waals surface area contributed by atoms with E-state index >= 15 is 0 Å². The third kappa shape index (κ3) is 2.35. The first-order valence-corrected chi connectivity index (χ1v) is 7.83. The number of hydrogen-bond donors (Lipinski definition) is 2. The van der Waals surface area contributed by atoms with E-state index in [4.69, 9.17) is 10.5 Å². The number of ether oxygens (including phenoxy) is 1. The van der Waals surface area contributed by atoms with E-state index in [0.717, 1.165) is 12.1 Å². The van der Waals surface area contributed by atoms with Crippen LogP contribution in [0.4, 0.5) is 5.69 Å². The lowest BCUT2D eigenvalue weighted by Crippen LogP contribution is -2.41. The van der Waals surface area contributed by atoms with Gasteiger partial charge in [-0.1, -0.05) is 12.2 Å². The lowest BCUT2D eigenvalue weighted by atomic mass is 9.88. The second kappa shape index (κ2) is 5.72. The first-order chi connectivity index (χ1) is 11.7. The van der Waals surface area contributed by atoms with Crippen molar-refractivity contribution in [2.75, 3.05) is 12.4 Å². The average molecular weight is 326 g/mol. The van der Waals surface area contributed by atoms with Crippen molar-refractivity contribution in [2.45, 2.75) is 12.5 Å². The number of allylic oxidation sites excluding steroid dienone is 1. The van der Waals surface area contributed by atoms with Gasteiger partial charge in [0.1, 0.15) is 12.1 Å². The van der Waals surface area contributed by atoms with E-state index < -0.39 is 0 Å². The van der Waals surface area contributed by atoms with Crippen LogP contribution in [0.25, 0.3) is 5.69 Å². The minimum absolute atomic E-state index is 0.0622. The van der Waals surface area contributed by atoms with Gasteiger partial charge in [0.15, 0.2) is 0 Å². The molecule has 2 aromatic rings. The summed E-state index contributed by atoms with van der Waals surface area (Å²) in [6.45, 7) is 0. The van der Waals surface area contributed by atoms with Crippen LogP contribution < -0.4 is 15.8 Å². The Hall–Kier alpha value is -2.74. The van der Waals surface area contributed by atoms with Crippen LogP contribution in [0, 0.1) is 17.8 Å². The summed E-state index contributed by atoms with van der Waals surface area (Å²) in [4.78, 5) is 12.7. The molecular weight excluding hydrogens is 308 g/mol. The quantitative estimate of drug-likeness (QED) is 0.803. The Labute approximate surface area is 138 Å². The third-order valence-corrected chi connectivity index (χ3v) is 4.88. The monoisotopic (exact) mass is 326 g/mol. The molecule has 0 unspecified atom stereocenters. The van der Waals surface area contributed by atoms with Gasteiger partial charge in [-0.3, -0.25) is 4.79 Å². The highest BCUT2D eigenvalue weighted by Gasteiger charge is 2.46. The van der Waals surface area contributed by atoms with Gasteiger partial charge in [0, 0.05) is 12.1 Å². The zero-order valence-electron chi connectivity index (χ0n) is 13.2. The van der Waals surface area contributed by atoms with Crippen LogP contribution in [-0.2, 0) is 4.79 Å². The predicted molar refractivity (Wildman–Crippen MR) is 86.5 cm³/mol. The highest BCUT2D eigenvalue weighted by Crippen LogP contribution is 2.43. The van der Waals surface area contributed by atoms with E-state index in [9.17, 15) is 4.79 Å². The molecule has 1 fully saturated rings. The fourth-order valence-corrected chi connectivity index (χ4v) is 3.65. The van der Waals surface area contributed by atoms with Gasteiger partial charge in [-0.05, 0) is 40.8 Å². The van der Waals surface area contributed by atoms with Crippen molar-refractivity contribution in [1.82, 2.24) is 20.2 Å². The third-order valence-electron chi connectivity index (χ3n) is 4.88. The fraction of sp³-hybridized carbons (Fsp3) is 0.375. The number of anilines is 1. The second-order valence-corrected chi connectivity index (χ2v) is 6.18. The van der Waals surface area contributed by atoms with E-state index in [1.807, 2.05) is 6.07 Å². The Morgan fingerprint density at radius 3 is 2.88 bits per heavy atom. The molecular formula is C16H18N6O2. The second-order valence-electron chi connectivity index (χ2n) is 6.18. The average Bonchev–Trinajstić information content (AvgIpc) is 3.32. The van der Waals surface area contributed by atoms with Crippen LogP contribution >= 0.6 is 0 Å². The molecule has 2 bridgehead atoms. The first-order valence-electron chi connectivity index (χ1n) is 7.83. The van der Waals surface area contributed by atoms with Gasteiger partial charge >= 0.3 is 0 Å². The standard InChI is InChI=1S/C16H18N6O2/c1-24-13-7-11(22-8-18-20-21-22)4-5-12(13)19-16(23)14-9-2-3-10(6-9)15(14)17/h2-5,7-10,14-15H,6,17H2,1H3,(H,19,23)/t9-,10+,14-,15+/m1/s1. The molecule has 0 spiro atoms. The molecule has 124 valence electrons. The Kier molecular flexibility index (Phi) is 3.53. The van der Waals surface area contributed by atoms with Crippen LogP contribution in [-0.4, -0.2) is 39.3 Å². The minimum atomic E-state index is -0.191. The molecule has 1 aromatic carbocycles. The molecule has 24 heavy (non-hydrogen) atoms. The van der Waals surface area contributed by atoms with Crippen molar-refractivity contribution in [3.63, 3.8) is 0 Å². The molecule has 3 N–H and O–H groups in total. The Balaban J connectivity index is 1.56. The Morgan fingerprint density at radius 2 is 2.21 bits per heavy atom. The van der Waals surface area contributed by atoms with Gasteiger partial charge in [0.05, 0.1) is 24.4 Å². The molecule has 0 aliphatic heterocycles. The van der Waals surface area contributed by atoms with Crippen molar-refractivity contribution in [3.8, 4) is 11.4 Å². The maximum absolute atomic E-state index is 12.7. The number of benzene rings is 1. The molecule has 0 radical (unpaired) electrons. The molecule has 4 atom stereocenters. The van der Waals surface area contributed by atoms with Gasteiger partial charge in [0.2, 0.25) is 5.91 Å². The van der Waals surface area contributed by atoms with Gasteiger partial charge in [0.25, 0.3) is 0 Å². The van der Waals surface area contributed by atoms with Crippen molar-refractivity contribution < 1.29 is 9.53 Å². The molecule has 8 nitrogen and oxygen atoms in total. The largest absolute Gasteiger partial charge is 0.494 e. The zero-order chi connectivity index (χ0) is 16.7. The van der Waals surface area contributed by atoms with Gasteiger partial charge < -0.3 is 15.8 Å².